The van der Waals surface area contributed by atoms with E-state index in [1.165, 1.54) is 6.92 Å². The van der Waals surface area contributed by atoms with E-state index < -0.39 is 11.6 Å². The van der Waals surface area contributed by atoms with Crippen LogP contribution in [-0.4, -0.2) is 19.1 Å². The van der Waals surface area contributed by atoms with Crippen LogP contribution in [0.3, 0.4) is 0 Å². The van der Waals surface area contributed by atoms with Crippen LogP contribution in [0.2, 0.25) is 0 Å². The van der Waals surface area contributed by atoms with Gasteiger partial charge in [0.25, 0.3) is 0 Å². The first-order valence-corrected chi connectivity index (χ1v) is 5.35. The molecule has 0 radical (unpaired) electrons. The fourth-order valence-corrected chi connectivity index (χ4v) is 1.91. The van der Waals surface area contributed by atoms with E-state index in [9.17, 15) is 4.79 Å². The molecule has 4 heteroatoms. The van der Waals surface area contributed by atoms with Crippen molar-refractivity contribution in [2.45, 2.75) is 18.9 Å². The number of benzene rings is 1. The molecule has 1 saturated heterocycles. The predicted octanol–water partition coefficient (Wildman–Crippen LogP) is 1.37. The Bertz CT molecular complexity index is 358. The minimum Gasteiger partial charge on any atom is -0.313 e. The summed E-state index contributed by atoms with van der Waals surface area (Å²) >= 11 is 0. The average Bonchev–Trinajstić information content (AvgIpc) is 2.78. The Morgan fingerprint density at radius 1 is 1.38 bits per heavy atom. The number of hydrogen-bond donors (Lipinski definition) is 1. The lowest BCUT2D eigenvalue weighted by atomic mass is 9.93. The fourth-order valence-electron chi connectivity index (χ4n) is 1.91. The molecule has 0 amide bonds. The Balaban J connectivity index is 2.19. The van der Waals surface area contributed by atoms with E-state index in [4.69, 9.17) is 9.78 Å². The molecule has 0 spiro atoms. The van der Waals surface area contributed by atoms with E-state index in [0.29, 0.717) is 6.54 Å². The van der Waals surface area contributed by atoms with Gasteiger partial charge in [-0.25, -0.2) is 4.79 Å². The maximum atomic E-state index is 10.8. The average molecular weight is 221 g/mol. The molecule has 1 N–H and O–H groups in total. The first-order chi connectivity index (χ1) is 7.73. The minimum atomic E-state index is -0.535. The van der Waals surface area contributed by atoms with Crippen LogP contribution in [-0.2, 0) is 20.2 Å². The summed E-state index contributed by atoms with van der Waals surface area (Å²) in [6.07, 6.45) is 0.796. The largest absolute Gasteiger partial charge is 0.339 e. The molecule has 0 aromatic heterocycles. The summed E-state index contributed by atoms with van der Waals surface area (Å²) in [5.41, 5.74) is 0.494. The summed E-state index contributed by atoms with van der Waals surface area (Å²) in [4.78, 5) is 20.8. The van der Waals surface area contributed by atoms with Gasteiger partial charge in [0.15, 0.2) is 5.60 Å². The van der Waals surface area contributed by atoms with Crippen molar-refractivity contribution in [2.75, 3.05) is 13.1 Å². The molecular formula is C12H15NO3. The van der Waals surface area contributed by atoms with Crippen LogP contribution in [0.1, 0.15) is 18.9 Å². The molecule has 2 rings (SSSR count). The second kappa shape index (κ2) is 4.63. The molecule has 86 valence electrons. The van der Waals surface area contributed by atoms with E-state index in [1.807, 2.05) is 30.3 Å². The molecule has 1 aliphatic rings. The molecule has 16 heavy (non-hydrogen) atoms. The Morgan fingerprint density at radius 3 is 2.69 bits per heavy atom. The summed E-state index contributed by atoms with van der Waals surface area (Å²) in [5, 5.41) is 3.22. The van der Waals surface area contributed by atoms with Gasteiger partial charge in [0.2, 0.25) is 0 Å². The molecule has 0 saturated carbocycles. The van der Waals surface area contributed by atoms with Gasteiger partial charge in [-0.1, -0.05) is 30.3 Å². The first-order valence-electron chi connectivity index (χ1n) is 5.35. The minimum absolute atomic E-state index is 0.429. The Hall–Kier alpha value is -1.39. The van der Waals surface area contributed by atoms with Gasteiger partial charge >= 0.3 is 5.97 Å². The van der Waals surface area contributed by atoms with Crippen molar-refractivity contribution in [3.8, 4) is 0 Å². The van der Waals surface area contributed by atoms with E-state index in [2.05, 4.69) is 5.32 Å². The van der Waals surface area contributed by atoms with Crippen molar-refractivity contribution >= 4 is 5.97 Å². The van der Waals surface area contributed by atoms with Crippen LogP contribution in [0.15, 0.2) is 30.3 Å². The zero-order chi connectivity index (χ0) is 11.4. The van der Waals surface area contributed by atoms with Crippen LogP contribution in [0.4, 0.5) is 0 Å². The molecule has 4 nitrogen and oxygen atoms in total. The Morgan fingerprint density at radius 2 is 2.12 bits per heavy atom. The highest BCUT2D eigenvalue weighted by molar-refractivity contribution is 5.65. The van der Waals surface area contributed by atoms with Crippen molar-refractivity contribution in [1.82, 2.24) is 5.32 Å². The third-order valence-electron chi connectivity index (χ3n) is 2.73. The van der Waals surface area contributed by atoms with Crippen LogP contribution in [0.5, 0.6) is 0 Å². The molecule has 1 unspecified atom stereocenters. The summed E-state index contributed by atoms with van der Waals surface area (Å²) < 4.78 is 0. The van der Waals surface area contributed by atoms with Crippen molar-refractivity contribution in [2.24, 2.45) is 0 Å². The molecular weight excluding hydrogens is 206 g/mol. The molecule has 1 heterocycles. The SMILES string of the molecule is CC(=O)OOC1(c2ccccc2)CCNC1. The highest BCUT2D eigenvalue weighted by Gasteiger charge is 2.39. The lowest BCUT2D eigenvalue weighted by molar-refractivity contribution is -0.332. The Labute approximate surface area is 94.5 Å². The lowest BCUT2D eigenvalue weighted by Crippen LogP contribution is -2.33. The second-order valence-corrected chi connectivity index (χ2v) is 3.95. The summed E-state index contributed by atoms with van der Waals surface area (Å²) in [6.45, 7) is 2.85. The number of rotatable bonds is 3. The normalized spacial score (nSPS) is 24.3. The van der Waals surface area contributed by atoms with Crippen LogP contribution in [0.25, 0.3) is 0 Å². The van der Waals surface area contributed by atoms with Gasteiger partial charge < -0.3 is 5.32 Å². The zero-order valence-corrected chi connectivity index (χ0v) is 9.23. The predicted molar refractivity (Wildman–Crippen MR) is 58.5 cm³/mol. The zero-order valence-electron chi connectivity index (χ0n) is 9.23. The first kappa shape index (κ1) is 11.1. The number of nitrogens with one attached hydrogen (secondary N) is 1. The molecule has 0 bridgehead atoms. The standard InChI is InChI=1S/C12H15NO3/c1-10(14)15-16-12(7-8-13-9-12)11-5-3-2-4-6-11/h2-6,13H,7-9H2,1H3. The van der Waals surface area contributed by atoms with Gasteiger partial charge in [-0.3, -0.25) is 4.89 Å². The van der Waals surface area contributed by atoms with E-state index in [-0.39, 0.29) is 0 Å². The van der Waals surface area contributed by atoms with Gasteiger partial charge in [0.1, 0.15) is 0 Å². The van der Waals surface area contributed by atoms with Crippen molar-refractivity contribution in [1.29, 1.82) is 0 Å². The highest BCUT2D eigenvalue weighted by atomic mass is 17.2. The van der Waals surface area contributed by atoms with Gasteiger partial charge in [-0.15, -0.1) is 0 Å². The van der Waals surface area contributed by atoms with Crippen molar-refractivity contribution in [3.05, 3.63) is 35.9 Å². The second-order valence-electron chi connectivity index (χ2n) is 3.95. The fraction of sp³-hybridized carbons (Fsp3) is 0.417. The summed E-state index contributed by atoms with van der Waals surface area (Å²) in [7, 11) is 0. The van der Waals surface area contributed by atoms with Crippen LogP contribution in [0, 0.1) is 0 Å². The topological polar surface area (TPSA) is 47.6 Å². The number of carbonyl (C=O) groups is 1. The van der Waals surface area contributed by atoms with Gasteiger partial charge in [0, 0.05) is 13.5 Å². The number of carbonyl (C=O) groups excluding carboxylic acids is 1. The van der Waals surface area contributed by atoms with E-state index in [1.54, 1.807) is 0 Å². The van der Waals surface area contributed by atoms with Crippen LogP contribution < -0.4 is 5.32 Å². The molecule has 1 atom stereocenters. The summed E-state index contributed by atoms with van der Waals surface area (Å²) in [6, 6.07) is 9.82. The maximum Gasteiger partial charge on any atom is 0.339 e. The Kier molecular flexibility index (Phi) is 3.22. The van der Waals surface area contributed by atoms with E-state index in [0.717, 1.165) is 18.5 Å². The lowest BCUT2D eigenvalue weighted by Gasteiger charge is -2.26. The summed E-state index contributed by atoms with van der Waals surface area (Å²) in [5.74, 6) is -0.429. The molecule has 1 aromatic carbocycles. The highest BCUT2D eigenvalue weighted by Crippen LogP contribution is 2.32. The third kappa shape index (κ3) is 2.23. The third-order valence-corrected chi connectivity index (χ3v) is 2.73. The maximum absolute atomic E-state index is 10.8. The number of hydrogen-bond acceptors (Lipinski definition) is 4. The van der Waals surface area contributed by atoms with E-state index >= 15 is 0 Å². The molecule has 0 aliphatic carbocycles. The smallest absolute Gasteiger partial charge is 0.313 e. The van der Waals surface area contributed by atoms with Crippen LogP contribution >= 0.6 is 0 Å². The van der Waals surface area contributed by atoms with Crippen molar-refractivity contribution in [3.63, 3.8) is 0 Å². The van der Waals surface area contributed by atoms with Gasteiger partial charge in [0.05, 0.1) is 0 Å². The quantitative estimate of drug-likeness (QED) is 0.618. The van der Waals surface area contributed by atoms with Gasteiger partial charge in [-0.2, -0.15) is 4.89 Å². The molecule has 1 aromatic rings. The monoisotopic (exact) mass is 221 g/mol. The van der Waals surface area contributed by atoms with Gasteiger partial charge in [-0.05, 0) is 18.5 Å². The van der Waals surface area contributed by atoms with Crippen molar-refractivity contribution < 1.29 is 14.6 Å². The molecule has 1 fully saturated rings. The molecule has 1 aliphatic heterocycles.